The van der Waals surface area contributed by atoms with Crippen LogP contribution >= 0.6 is 12.4 Å². The summed E-state index contributed by atoms with van der Waals surface area (Å²) in [5, 5.41) is 5.58. The van der Waals surface area contributed by atoms with Crippen LogP contribution in [0.25, 0.3) is 0 Å². The number of rotatable bonds is 5. The van der Waals surface area contributed by atoms with Gasteiger partial charge < -0.3 is 21.1 Å². The van der Waals surface area contributed by atoms with Crippen LogP contribution in [0.5, 0.6) is 5.75 Å². The van der Waals surface area contributed by atoms with Crippen LogP contribution in [0.1, 0.15) is 32.1 Å². The summed E-state index contributed by atoms with van der Waals surface area (Å²) in [7, 11) is 1.55. The van der Waals surface area contributed by atoms with E-state index < -0.39 is 0 Å². The molecule has 128 valence electrons. The second kappa shape index (κ2) is 9.37. The zero-order valence-corrected chi connectivity index (χ0v) is 14.1. The van der Waals surface area contributed by atoms with Crippen molar-refractivity contribution >= 4 is 35.6 Å². The average molecular weight is 342 g/mol. The molecular formula is C16H24ClN3O3. The van der Waals surface area contributed by atoms with Gasteiger partial charge >= 0.3 is 0 Å². The van der Waals surface area contributed by atoms with E-state index in [1.54, 1.807) is 25.3 Å². The summed E-state index contributed by atoms with van der Waals surface area (Å²) in [5.74, 6) is 0.352. The molecule has 0 spiro atoms. The van der Waals surface area contributed by atoms with Gasteiger partial charge in [-0.2, -0.15) is 0 Å². The van der Waals surface area contributed by atoms with E-state index in [9.17, 15) is 9.59 Å². The molecule has 0 saturated heterocycles. The Kier molecular flexibility index (Phi) is 7.85. The zero-order chi connectivity index (χ0) is 15.9. The standard InChI is InChI=1S/C16H23N3O3.ClH/c1-22-14-8-7-12(18-15(20)10-17)9-13(14)19-16(21)11-5-3-2-4-6-11;/h7-9,11H,2-6,10,17H2,1H3,(H,18,20)(H,19,21);1H. The molecule has 1 saturated carbocycles. The van der Waals surface area contributed by atoms with E-state index in [0.717, 1.165) is 25.7 Å². The third-order valence-corrected chi connectivity index (χ3v) is 3.90. The Morgan fingerprint density at radius 2 is 1.91 bits per heavy atom. The summed E-state index contributed by atoms with van der Waals surface area (Å²) in [5.41, 5.74) is 6.43. The van der Waals surface area contributed by atoms with Gasteiger partial charge in [-0.1, -0.05) is 19.3 Å². The van der Waals surface area contributed by atoms with E-state index in [-0.39, 0.29) is 36.7 Å². The first-order valence-corrected chi connectivity index (χ1v) is 7.63. The van der Waals surface area contributed by atoms with Crippen molar-refractivity contribution in [3.8, 4) is 5.75 Å². The van der Waals surface area contributed by atoms with Crippen molar-refractivity contribution in [2.75, 3.05) is 24.3 Å². The Morgan fingerprint density at radius 3 is 2.52 bits per heavy atom. The minimum absolute atomic E-state index is 0. The van der Waals surface area contributed by atoms with E-state index in [4.69, 9.17) is 10.5 Å². The Bertz CT molecular complexity index is 545. The van der Waals surface area contributed by atoms with Gasteiger partial charge in [0.15, 0.2) is 0 Å². The molecule has 0 heterocycles. The van der Waals surface area contributed by atoms with E-state index in [1.807, 2.05) is 0 Å². The number of halogens is 1. The fraction of sp³-hybridized carbons (Fsp3) is 0.500. The molecule has 1 fully saturated rings. The molecule has 0 unspecified atom stereocenters. The molecule has 23 heavy (non-hydrogen) atoms. The van der Waals surface area contributed by atoms with Gasteiger partial charge in [0.2, 0.25) is 11.8 Å². The number of ether oxygens (including phenoxy) is 1. The third-order valence-electron chi connectivity index (χ3n) is 3.90. The van der Waals surface area contributed by atoms with Crippen molar-refractivity contribution in [1.82, 2.24) is 0 Å². The molecule has 4 N–H and O–H groups in total. The van der Waals surface area contributed by atoms with Gasteiger partial charge in [-0.25, -0.2) is 0 Å². The fourth-order valence-electron chi connectivity index (χ4n) is 2.70. The van der Waals surface area contributed by atoms with Crippen LogP contribution in [0.4, 0.5) is 11.4 Å². The number of nitrogens with one attached hydrogen (secondary N) is 2. The minimum Gasteiger partial charge on any atom is -0.495 e. The van der Waals surface area contributed by atoms with E-state index in [1.165, 1.54) is 6.42 Å². The van der Waals surface area contributed by atoms with Gasteiger partial charge in [0, 0.05) is 11.6 Å². The van der Waals surface area contributed by atoms with Gasteiger partial charge in [-0.3, -0.25) is 9.59 Å². The van der Waals surface area contributed by atoms with E-state index in [2.05, 4.69) is 10.6 Å². The number of amides is 2. The smallest absolute Gasteiger partial charge is 0.238 e. The summed E-state index contributed by atoms with van der Waals surface area (Å²) in [6, 6.07) is 5.11. The fourth-order valence-corrected chi connectivity index (χ4v) is 2.70. The molecule has 1 aliphatic rings. The van der Waals surface area contributed by atoms with E-state index >= 15 is 0 Å². The molecule has 0 aromatic heterocycles. The number of nitrogens with two attached hydrogens (primary N) is 1. The van der Waals surface area contributed by atoms with Crippen molar-refractivity contribution in [2.24, 2.45) is 11.7 Å². The molecule has 0 radical (unpaired) electrons. The van der Waals surface area contributed by atoms with Gasteiger partial charge in [0.25, 0.3) is 0 Å². The Labute approximate surface area is 142 Å². The van der Waals surface area contributed by atoms with Crippen molar-refractivity contribution in [3.05, 3.63) is 18.2 Å². The van der Waals surface area contributed by atoms with E-state index in [0.29, 0.717) is 17.1 Å². The van der Waals surface area contributed by atoms with Crippen LogP contribution in [0.15, 0.2) is 18.2 Å². The van der Waals surface area contributed by atoms with Crippen LogP contribution in [0.3, 0.4) is 0 Å². The monoisotopic (exact) mass is 341 g/mol. The van der Waals surface area contributed by atoms with Gasteiger partial charge in [0.1, 0.15) is 5.75 Å². The summed E-state index contributed by atoms with van der Waals surface area (Å²) < 4.78 is 5.27. The normalized spacial score (nSPS) is 14.5. The Balaban J connectivity index is 0.00000264. The Hall–Kier alpha value is -1.79. The molecule has 7 heteroatoms. The van der Waals surface area contributed by atoms with Crippen LogP contribution in [0, 0.1) is 5.92 Å². The first-order valence-electron chi connectivity index (χ1n) is 7.63. The number of carbonyl (C=O) groups excluding carboxylic acids is 2. The highest BCUT2D eigenvalue weighted by Gasteiger charge is 2.22. The summed E-state index contributed by atoms with van der Waals surface area (Å²) in [4.78, 5) is 23.7. The lowest BCUT2D eigenvalue weighted by molar-refractivity contribution is -0.120. The maximum absolute atomic E-state index is 12.4. The average Bonchev–Trinajstić information content (AvgIpc) is 2.55. The predicted octanol–water partition coefficient (Wildman–Crippen LogP) is 2.53. The molecule has 6 nitrogen and oxygen atoms in total. The molecular weight excluding hydrogens is 318 g/mol. The zero-order valence-electron chi connectivity index (χ0n) is 13.3. The maximum atomic E-state index is 12.4. The van der Waals surface area contributed by atoms with Gasteiger partial charge in [-0.15, -0.1) is 12.4 Å². The first-order chi connectivity index (χ1) is 10.6. The molecule has 2 amide bonds. The number of anilines is 2. The summed E-state index contributed by atoms with van der Waals surface area (Å²) in [6.45, 7) is -0.0875. The third kappa shape index (κ3) is 5.41. The maximum Gasteiger partial charge on any atom is 0.238 e. The second-order valence-corrected chi connectivity index (χ2v) is 5.49. The lowest BCUT2D eigenvalue weighted by atomic mass is 9.88. The van der Waals surface area contributed by atoms with Crippen molar-refractivity contribution in [2.45, 2.75) is 32.1 Å². The SMILES string of the molecule is COc1ccc(NC(=O)CN)cc1NC(=O)C1CCCCC1.Cl. The highest BCUT2D eigenvalue weighted by atomic mass is 35.5. The molecule has 1 aromatic carbocycles. The summed E-state index contributed by atoms with van der Waals surface area (Å²) in [6.07, 6.45) is 5.26. The van der Waals surface area contributed by atoms with Crippen LogP contribution in [0.2, 0.25) is 0 Å². The lowest BCUT2D eigenvalue weighted by Gasteiger charge is -2.21. The van der Waals surface area contributed by atoms with Gasteiger partial charge in [0.05, 0.1) is 19.3 Å². The second-order valence-electron chi connectivity index (χ2n) is 5.49. The van der Waals surface area contributed by atoms with Crippen LogP contribution in [-0.2, 0) is 9.59 Å². The molecule has 0 aliphatic heterocycles. The molecule has 2 rings (SSSR count). The summed E-state index contributed by atoms with van der Waals surface area (Å²) >= 11 is 0. The molecule has 1 aliphatic carbocycles. The number of benzene rings is 1. The molecule has 0 bridgehead atoms. The number of hydrogen-bond donors (Lipinski definition) is 3. The highest BCUT2D eigenvalue weighted by molar-refractivity contribution is 5.96. The van der Waals surface area contributed by atoms with Crippen molar-refractivity contribution in [3.63, 3.8) is 0 Å². The number of carbonyl (C=O) groups is 2. The lowest BCUT2D eigenvalue weighted by Crippen LogP contribution is -2.25. The molecule has 1 aromatic rings. The number of hydrogen-bond acceptors (Lipinski definition) is 4. The van der Waals surface area contributed by atoms with Crippen LogP contribution < -0.4 is 21.1 Å². The van der Waals surface area contributed by atoms with Crippen LogP contribution in [-0.4, -0.2) is 25.5 Å². The quantitative estimate of drug-likeness (QED) is 0.767. The predicted molar refractivity (Wildman–Crippen MR) is 93.1 cm³/mol. The first kappa shape index (κ1) is 19.3. The van der Waals surface area contributed by atoms with Crippen molar-refractivity contribution in [1.29, 1.82) is 0 Å². The highest BCUT2D eigenvalue weighted by Crippen LogP contribution is 2.30. The van der Waals surface area contributed by atoms with Gasteiger partial charge in [-0.05, 0) is 31.0 Å². The molecule has 0 atom stereocenters. The van der Waals surface area contributed by atoms with Crippen molar-refractivity contribution < 1.29 is 14.3 Å². The Morgan fingerprint density at radius 1 is 1.22 bits per heavy atom. The number of methoxy groups -OCH3 is 1. The minimum atomic E-state index is -0.283. The largest absolute Gasteiger partial charge is 0.495 e. The topological polar surface area (TPSA) is 93.4 Å².